The summed E-state index contributed by atoms with van der Waals surface area (Å²) in [4.78, 5) is 0. The van der Waals surface area contributed by atoms with Crippen LogP contribution < -0.4 is 4.72 Å². The summed E-state index contributed by atoms with van der Waals surface area (Å²) in [7, 11) is -3.58. The Morgan fingerprint density at radius 3 is 2.37 bits per heavy atom. The van der Waals surface area contributed by atoms with Crippen LogP contribution in [-0.2, 0) is 16.4 Å². The van der Waals surface area contributed by atoms with Gasteiger partial charge in [0.15, 0.2) is 0 Å². The summed E-state index contributed by atoms with van der Waals surface area (Å²) in [5.41, 5.74) is 1.43. The van der Waals surface area contributed by atoms with Crippen LogP contribution in [0.15, 0.2) is 40.6 Å². The van der Waals surface area contributed by atoms with E-state index in [4.69, 9.17) is 16.7 Å². The molecule has 1 heterocycles. The summed E-state index contributed by atoms with van der Waals surface area (Å²) >= 11 is 6.73. The quantitative estimate of drug-likeness (QED) is 0.891. The maximum atomic E-state index is 12.0. The highest BCUT2D eigenvalue weighted by atomic mass is 35.5. The molecule has 0 atom stereocenters. The van der Waals surface area contributed by atoms with Gasteiger partial charge in [0.05, 0.1) is 4.34 Å². The molecule has 2 aromatic rings. The van der Waals surface area contributed by atoms with Crippen LogP contribution in [0.25, 0.3) is 0 Å². The van der Waals surface area contributed by atoms with Crippen LogP contribution in [0.1, 0.15) is 5.56 Å². The van der Waals surface area contributed by atoms with Crippen LogP contribution in [0.4, 0.5) is 5.69 Å². The second kappa shape index (κ2) is 5.92. The van der Waals surface area contributed by atoms with Gasteiger partial charge in [-0.05, 0) is 36.2 Å². The van der Waals surface area contributed by atoms with E-state index < -0.39 is 10.0 Å². The molecule has 1 aromatic heterocycles. The van der Waals surface area contributed by atoms with Crippen LogP contribution in [-0.4, -0.2) is 20.1 Å². The average molecular weight is 318 g/mol. The number of rotatable bonds is 5. The van der Waals surface area contributed by atoms with Gasteiger partial charge in [0.25, 0.3) is 10.0 Å². The zero-order chi connectivity index (χ0) is 13.9. The molecule has 0 amide bonds. The van der Waals surface area contributed by atoms with Gasteiger partial charge in [0.2, 0.25) is 0 Å². The van der Waals surface area contributed by atoms with Crippen molar-refractivity contribution in [2.24, 2.45) is 0 Å². The summed E-state index contributed by atoms with van der Waals surface area (Å²) in [5.74, 6) is 0. The Kier molecular flexibility index (Phi) is 4.46. The van der Waals surface area contributed by atoms with Gasteiger partial charge in [-0.1, -0.05) is 23.7 Å². The molecular formula is C12H12ClNO3S2. The highest BCUT2D eigenvalue weighted by Gasteiger charge is 2.16. The number of halogens is 1. The van der Waals surface area contributed by atoms with Gasteiger partial charge in [-0.2, -0.15) is 0 Å². The lowest BCUT2D eigenvalue weighted by molar-refractivity contribution is 0.299. The van der Waals surface area contributed by atoms with Crippen molar-refractivity contribution in [1.29, 1.82) is 0 Å². The van der Waals surface area contributed by atoms with Gasteiger partial charge < -0.3 is 5.11 Å². The lowest BCUT2D eigenvalue weighted by Gasteiger charge is -2.06. The van der Waals surface area contributed by atoms with E-state index in [9.17, 15) is 8.42 Å². The topological polar surface area (TPSA) is 66.4 Å². The molecule has 102 valence electrons. The Morgan fingerprint density at radius 2 is 1.84 bits per heavy atom. The van der Waals surface area contributed by atoms with Crippen molar-refractivity contribution in [2.75, 3.05) is 11.3 Å². The molecule has 0 saturated carbocycles. The first-order valence-electron chi connectivity index (χ1n) is 5.49. The standard InChI is InChI=1S/C12H12ClNO3S2/c13-11-5-6-12(18-11)19(16,17)14-10-3-1-9(2-4-10)7-8-15/h1-6,14-15H,7-8H2. The van der Waals surface area contributed by atoms with E-state index in [-0.39, 0.29) is 10.8 Å². The second-order valence-electron chi connectivity index (χ2n) is 3.83. The zero-order valence-corrected chi connectivity index (χ0v) is 12.2. The molecule has 0 radical (unpaired) electrons. The number of thiophene rings is 1. The van der Waals surface area contributed by atoms with Crippen LogP contribution in [0.2, 0.25) is 4.34 Å². The number of hydrogen-bond donors (Lipinski definition) is 2. The van der Waals surface area contributed by atoms with E-state index >= 15 is 0 Å². The molecule has 2 rings (SSSR count). The maximum Gasteiger partial charge on any atom is 0.271 e. The fraction of sp³-hybridized carbons (Fsp3) is 0.167. The van der Waals surface area contributed by atoms with E-state index in [2.05, 4.69) is 4.72 Å². The Morgan fingerprint density at radius 1 is 1.16 bits per heavy atom. The molecule has 0 fully saturated rings. The third-order valence-corrected chi connectivity index (χ3v) is 5.52. The molecule has 0 spiro atoms. The van der Waals surface area contributed by atoms with E-state index in [0.29, 0.717) is 16.4 Å². The van der Waals surface area contributed by atoms with E-state index in [1.807, 2.05) is 0 Å². The van der Waals surface area contributed by atoms with Crippen molar-refractivity contribution >= 4 is 38.6 Å². The molecule has 0 aliphatic heterocycles. The smallest absolute Gasteiger partial charge is 0.271 e. The van der Waals surface area contributed by atoms with Crippen molar-refractivity contribution in [3.05, 3.63) is 46.3 Å². The normalized spacial score (nSPS) is 11.5. The van der Waals surface area contributed by atoms with Gasteiger partial charge in [-0.25, -0.2) is 8.42 Å². The van der Waals surface area contributed by atoms with Crippen molar-refractivity contribution in [3.63, 3.8) is 0 Å². The van der Waals surface area contributed by atoms with E-state index in [0.717, 1.165) is 16.9 Å². The monoisotopic (exact) mass is 317 g/mol. The molecule has 0 saturated heterocycles. The minimum atomic E-state index is -3.58. The van der Waals surface area contributed by atoms with Crippen LogP contribution in [0, 0.1) is 0 Å². The fourth-order valence-corrected chi connectivity index (χ4v) is 4.06. The summed E-state index contributed by atoms with van der Waals surface area (Å²) in [6.07, 6.45) is 0.549. The summed E-state index contributed by atoms with van der Waals surface area (Å²) in [6, 6.07) is 9.89. The lowest BCUT2D eigenvalue weighted by atomic mass is 10.1. The zero-order valence-electron chi connectivity index (χ0n) is 9.84. The number of aliphatic hydroxyl groups is 1. The minimum absolute atomic E-state index is 0.0682. The van der Waals surface area contributed by atoms with Gasteiger partial charge in [-0.15, -0.1) is 11.3 Å². The van der Waals surface area contributed by atoms with Gasteiger partial charge in [-0.3, -0.25) is 4.72 Å². The molecule has 7 heteroatoms. The SMILES string of the molecule is O=S(=O)(Nc1ccc(CCO)cc1)c1ccc(Cl)s1. The number of sulfonamides is 1. The Labute approximate surface area is 120 Å². The van der Waals surface area contributed by atoms with Crippen LogP contribution >= 0.6 is 22.9 Å². The van der Waals surface area contributed by atoms with Crippen molar-refractivity contribution in [2.45, 2.75) is 10.6 Å². The fourth-order valence-electron chi connectivity index (χ4n) is 1.52. The van der Waals surface area contributed by atoms with E-state index in [1.54, 1.807) is 30.3 Å². The van der Waals surface area contributed by atoms with Gasteiger partial charge in [0.1, 0.15) is 4.21 Å². The Hall–Kier alpha value is -1.08. The molecule has 0 aliphatic carbocycles. The second-order valence-corrected chi connectivity index (χ2v) is 7.46. The van der Waals surface area contributed by atoms with Gasteiger partial charge in [0, 0.05) is 12.3 Å². The number of hydrogen-bond acceptors (Lipinski definition) is 4. The van der Waals surface area contributed by atoms with Crippen LogP contribution in [0.5, 0.6) is 0 Å². The number of benzene rings is 1. The van der Waals surface area contributed by atoms with Gasteiger partial charge >= 0.3 is 0 Å². The molecule has 1 aromatic carbocycles. The number of anilines is 1. The molecular weight excluding hydrogens is 306 g/mol. The average Bonchev–Trinajstić information content (AvgIpc) is 2.79. The largest absolute Gasteiger partial charge is 0.396 e. The summed E-state index contributed by atoms with van der Waals surface area (Å²) in [5, 5.41) is 8.80. The van der Waals surface area contributed by atoms with Crippen molar-refractivity contribution in [1.82, 2.24) is 0 Å². The summed E-state index contributed by atoms with van der Waals surface area (Å²) < 4.78 is 27.1. The molecule has 0 unspecified atom stereocenters. The highest BCUT2D eigenvalue weighted by molar-refractivity contribution is 7.94. The molecule has 2 N–H and O–H groups in total. The molecule has 0 aliphatic rings. The molecule has 19 heavy (non-hydrogen) atoms. The molecule has 0 bridgehead atoms. The lowest BCUT2D eigenvalue weighted by Crippen LogP contribution is -2.11. The first kappa shape index (κ1) is 14.3. The first-order chi connectivity index (χ1) is 9.01. The predicted octanol–water partition coefficient (Wildman–Crippen LogP) is 2.74. The third-order valence-electron chi connectivity index (χ3n) is 2.42. The number of nitrogens with one attached hydrogen (secondary N) is 1. The highest BCUT2D eigenvalue weighted by Crippen LogP contribution is 2.27. The number of aliphatic hydroxyl groups excluding tert-OH is 1. The first-order valence-corrected chi connectivity index (χ1v) is 8.17. The van der Waals surface area contributed by atoms with E-state index in [1.165, 1.54) is 6.07 Å². The van der Waals surface area contributed by atoms with Crippen molar-refractivity contribution < 1.29 is 13.5 Å². The Balaban J connectivity index is 2.16. The maximum absolute atomic E-state index is 12.0. The van der Waals surface area contributed by atoms with Crippen molar-refractivity contribution in [3.8, 4) is 0 Å². The Bertz CT molecular complexity index is 650. The third kappa shape index (κ3) is 3.70. The molecule has 4 nitrogen and oxygen atoms in total. The minimum Gasteiger partial charge on any atom is -0.396 e. The predicted molar refractivity (Wildman–Crippen MR) is 77.4 cm³/mol. The van der Waals surface area contributed by atoms with Crippen LogP contribution in [0.3, 0.4) is 0 Å². The summed E-state index contributed by atoms with van der Waals surface area (Å²) in [6.45, 7) is 0.0682.